The quantitative estimate of drug-likeness (QED) is 0.366. The van der Waals surface area contributed by atoms with E-state index in [-0.39, 0.29) is 11.8 Å². The minimum absolute atomic E-state index is 0.210. The fourth-order valence-corrected chi connectivity index (χ4v) is 7.46. The Balaban J connectivity index is 0.000000499. The van der Waals surface area contributed by atoms with Crippen molar-refractivity contribution < 1.29 is 42.1 Å². The number of nitrogens with one attached hydrogen (secondary N) is 1. The van der Waals surface area contributed by atoms with Crippen LogP contribution in [0, 0.1) is 23.2 Å². The number of hydrogen-bond acceptors (Lipinski definition) is 8. The van der Waals surface area contributed by atoms with E-state index in [9.17, 15) is 28.0 Å². The normalized spacial score (nSPS) is 26.5. The van der Waals surface area contributed by atoms with Crippen molar-refractivity contribution in [3.05, 3.63) is 66.2 Å². The van der Waals surface area contributed by atoms with Gasteiger partial charge in [0.25, 0.3) is 0 Å². The number of carboxylic acids is 1. The average molecular weight is 651 g/mol. The van der Waals surface area contributed by atoms with E-state index in [1.54, 1.807) is 12.1 Å². The van der Waals surface area contributed by atoms with Crippen LogP contribution in [0.3, 0.4) is 0 Å². The van der Waals surface area contributed by atoms with Gasteiger partial charge in [0.15, 0.2) is 0 Å². The standard InChI is InChI=1S/C32H32N4O4.C2HF3O2/c1-31-11-12-32(40-31,13-18-39-23-6-4-5-22(19-23)35-16-14-34-15-17-35)28-27(31)29(37)36(30(28)38)26-10-9-21(20-33)24-7-2-3-8-25(24)26;3-2(4,5)1(6)7/h2-10,19,27-28,34H,11-18H2,1H3;(H,6,7)/t27-,28+,31-,32-;/m1./s1. The zero-order valence-electron chi connectivity index (χ0n) is 25.5. The van der Waals surface area contributed by atoms with Crippen molar-refractivity contribution in [3.63, 3.8) is 0 Å². The number of halogens is 3. The van der Waals surface area contributed by atoms with E-state index in [4.69, 9.17) is 19.4 Å². The van der Waals surface area contributed by atoms with Crippen LogP contribution in [0.4, 0.5) is 24.5 Å². The third-order valence-corrected chi connectivity index (χ3v) is 9.61. The SMILES string of the molecule is C[C@]12CC[C@](CCOc3cccc(N4CCNCC4)c3)(O1)[C@@H]1C(=O)N(c3ccc(C#N)c4ccccc34)C(=O)[C@@H]12.O=C(O)C(F)(F)F. The molecular weight excluding hydrogens is 617 g/mol. The molecule has 2 amide bonds. The molecule has 47 heavy (non-hydrogen) atoms. The van der Waals surface area contributed by atoms with E-state index in [1.165, 1.54) is 4.90 Å². The van der Waals surface area contributed by atoms with Gasteiger partial charge in [-0.25, -0.2) is 9.69 Å². The second-order valence-electron chi connectivity index (χ2n) is 12.4. The lowest BCUT2D eigenvalue weighted by molar-refractivity contribution is -0.192. The molecule has 3 aromatic rings. The minimum atomic E-state index is -5.08. The Morgan fingerprint density at radius 2 is 1.72 bits per heavy atom. The van der Waals surface area contributed by atoms with Gasteiger partial charge in [-0.15, -0.1) is 0 Å². The van der Waals surface area contributed by atoms with Crippen molar-refractivity contribution in [2.45, 2.75) is 43.6 Å². The van der Waals surface area contributed by atoms with Crippen LogP contribution in [0.5, 0.6) is 5.75 Å². The van der Waals surface area contributed by atoms with E-state index < -0.39 is 35.2 Å². The number of rotatable bonds is 6. The summed E-state index contributed by atoms with van der Waals surface area (Å²) in [4.78, 5) is 40.6. The first-order valence-corrected chi connectivity index (χ1v) is 15.4. The van der Waals surface area contributed by atoms with Gasteiger partial charge in [-0.1, -0.05) is 30.3 Å². The molecular formula is C34H33F3N4O6. The molecule has 3 aromatic carbocycles. The summed E-state index contributed by atoms with van der Waals surface area (Å²) >= 11 is 0. The molecule has 7 rings (SSSR count). The first kappa shape index (κ1) is 32.3. The average Bonchev–Trinajstić information content (AvgIpc) is 3.64. The number of fused-ring (bicyclic) bond motifs is 6. The molecule has 13 heteroatoms. The summed E-state index contributed by atoms with van der Waals surface area (Å²) in [5.74, 6) is -3.47. The summed E-state index contributed by atoms with van der Waals surface area (Å²) in [5.41, 5.74) is 0.780. The number of imide groups is 1. The molecule has 10 nitrogen and oxygen atoms in total. The fourth-order valence-electron chi connectivity index (χ4n) is 7.46. The van der Waals surface area contributed by atoms with E-state index >= 15 is 0 Å². The molecule has 0 radical (unpaired) electrons. The first-order chi connectivity index (χ1) is 22.4. The van der Waals surface area contributed by atoms with Crippen LogP contribution in [0.1, 0.15) is 31.7 Å². The second-order valence-corrected chi connectivity index (χ2v) is 12.4. The molecule has 246 valence electrons. The lowest BCUT2D eigenvalue weighted by atomic mass is 9.67. The summed E-state index contributed by atoms with van der Waals surface area (Å²) in [6.07, 6.45) is -3.11. The predicted molar refractivity (Wildman–Crippen MR) is 165 cm³/mol. The molecule has 2 bridgehead atoms. The van der Waals surface area contributed by atoms with Crippen molar-refractivity contribution in [3.8, 4) is 11.8 Å². The van der Waals surface area contributed by atoms with E-state index in [2.05, 4.69) is 28.4 Å². The largest absolute Gasteiger partial charge is 0.493 e. The maximum Gasteiger partial charge on any atom is 0.490 e. The number of aliphatic carboxylic acids is 1. The van der Waals surface area contributed by atoms with E-state index in [0.29, 0.717) is 24.3 Å². The van der Waals surface area contributed by atoms with Crippen LogP contribution in [0.2, 0.25) is 0 Å². The highest BCUT2D eigenvalue weighted by molar-refractivity contribution is 6.26. The van der Waals surface area contributed by atoms with Crippen LogP contribution in [0.25, 0.3) is 10.8 Å². The van der Waals surface area contributed by atoms with Crippen LogP contribution in [-0.4, -0.2) is 73.1 Å². The lowest BCUT2D eigenvalue weighted by Gasteiger charge is -2.31. The number of nitrogens with zero attached hydrogens (tertiary/aromatic N) is 3. The number of benzene rings is 3. The number of alkyl halides is 3. The molecule has 0 aliphatic carbocycles. The van der Waals surface area contributed by atoms with E-state index in [1.807, 2.05) is 43.3 Å². The molecule has 0 saturated carbocycles. The van der Waals surface area contributed by atoms with Crippen LogP contribution < -0.4 is 19.9 Å². The number of hydrogen-bond donors (Lipinski definition) is 2. The molecule has 4 fully saturated rings. The Labute approximate surface area is 268 Å². The lowest BCUT2D eigenvalue weighted by Crippen LogP contribution is -2.43. The maximum atomic E-state index is 14.1. The number of carbonyl (C=O) groups is 3. The molecule has 4 atom stereocenters. The molecule has 4 heterocycles. The van der Waals surface area contributed by atoms with Crippen molar-refractivity contribution in [2.24, 2.45) is 11.8 Å². The van der Waals surface area contributed by atoms with E-state index in [0.717, 1.165) is 61.2 Å². The molecule has 4 aliphatic heterocycles. The van der Waals surface area contributed by atoms with Gasteiger partial charge < -0.3 is 24.8 Å². The fraction of sp³-hybridized carbons (Fsp3) is 0.412. The number of carbonyl (C=O) groups excluding carboxylic acids is 2. The summed E-state index contributed by atoms with van der Waals surface area (Å²) in [6, 6.07) is 21.2. The molecule has 4 saturated heterocycles. The number of amides is 2. The number of anilines is 2. The van der Waals surface area contributed by atoms with Gasteiger partial charge in [0.2, 0.25) is 11.8 Å². The molecule has 4 aliphatic rings. The summed E-state index contributed by atoms with van der Waals surface area (Å²) in [5, 5.41) is 21.6. The Kier molecular flexibility index (Phi) is 8.36. The number of nitriles is 1. The van der Waals surface area contributed by atoms with Crippen molar-refractivity contribution in [1.29, 1.82) is 5.26 Å². The van der Waals surface area contributed by atoms with Crippen molar-refractivity contribution in [1.82, 2.24) is 5.32 Å². The van der Waals surface area contributed by atoms with Gasteiger partial charge in [-0.3, -0.25) is 9.59 Å². The van der Waals surface area contributed by atoms with Crippen molar-refractivity contribution in [2.75, 3.05) is 42.6 Å². The first-order valence-electron chi connectivity index (χ1n) is 15.4. The zero-order valence-corrected chi connectivity index (χ0v) is 25.5. The second kappa shape index (κ2) is 12.2. The van der Waals surface area contributed by atoms with Crippen molar-refractivity contribution >= 4 is 39.9 Å². The maximum absolute atomic E-state index is 14.1. The monoisotopic (exact) mass is 650 g/mol. The highest BCUT2D eigenvalue weighted by atomic mass is 19.4. The van der Waals surface area contributed by atoms with Gasteiger partial charge in [-0.2, -0.15) is 18.4 Å². The summed E-state index contributed by atoms with van der Waals surface area (Å²) in [6.45, 7) is 6.23. The van der Waals surface area contributed by atoms with Gasteiger partial charge in [-0.05, 0) is 44.0 Å². The zero-order chi connectivity index (χ0) is 33.6. The Morgan fingerprint density at radius 3 is 2.40 bits per heavy atom. The topological polar surface area (TPSA) is 132 Å². The smallest absolute Gasteiger partial charge is 0.490 e. The third-order valence-electron chi connectivity index (χ3n) is 9.61. The highest BCUT2D eigenvalue weighted by Crippen LogP contribution is 2.62. The van der Waals surface area contributed by atoms with Crippen LogP contribution >= 0.6 is 0 Å². The Hall–Kier alpha value is -4.67. The minimum Gasteiger partial charge on any atom is -0.493 e. The number of piperazine rings is 1. The van der Waals surface area contributed by atoms with Crippen LogP contribution in [-0.2, 0) is 19.1 Å². The number of carboxylic acid groups (broad SMARTS) is 1. The predicted octanol–water partition coefficient (Wildman–Crippen LogP) is 4.65. The van der Waals surface area contributed by atoms with Gasteiger partial charge in [0.05, 0.1) is 47.0 Å². The summed E-state index contributed by atoms with van der Waals surface area (Å²) < 4.78 is 44.6. The molecule has 0 aromatic heterocycles. The van der Waals surface area contributed by atoms with Gasteiger partial charge in [0.1, 0.15) is 5.75 Å². The van der Waals surface area contributed by atoms with Crippen LogP contribution in [0.15, 0.2) is 60.7 Å². The summed E-state index contributed by atoms with van der Waals surface area (Å²) in [7, 11) is 0. The third kappa shape index (κ3) is 5.76. The van der Waals surface area contributed by atoms with Gasteiger partial charge >= 0.3 is 12.1 Å². The Bertz CT molecular complexity index is 1770. The Morgan fingerprint density at radius 1 is 1.04 bits per heavy atom. The molecule has 0 unspecified atom stereocenters. The number of ether oxygens (including phenoxy) is 2. The molecule has 2 N–H and O–H groups in total. The van der Waals surface area contributed by atoms with Gasteiger partial charge in [0, 0.05) is 55.1 Å². The highest BCUT2D eigenvalue weighted by Gasteiger charge is 2.73. The molecule has 0 spiro atoms.